The van der Waals surface area contributed by atoms with E-state index in [1.165, 1.54) is 11.1 Å². The Balaban J connectivity index is 1.92. The number of nitrogens with two attached hydrogens (primary N) is 1. The van der Waals surface area contributed by atoms with E-state index in [2.05, 4.69) is 45.9 Å². The van der Waals surface area contributed by atoms with Crippen LogP contribution in [0.2, 0.25) is 0 Å². The van der Waals surface area contributed by atoms with Gasteiger partial charge in [-0.05, 0) is 47.2 Å². The molecule has 0 fully saturated rings. The highest BCUT2D eigenvalue weighted by atomic mass is 16.5. The molecule has 0 atom stereocenters. The van der Waals surface area contributed by atoms with Gasteiger partial charge in [0.25, 0.3) is 0 Å². The summed E-state index contributed by atoms with van der Waals surface area (Å²) in [4.78, 5) is 0. The van der Waals surface area contributed by atoms with Gasteiger partial charge in [-0.25, -0.2) is 0 Å². The van der Waals surface area contributed by atoms with Crippen molar-refractivity contribution in [1.29, 1.82) is 0 Å². The molecule has 3 nitrogen and oxygen atoms in total. The van der Waals surface area contributed by atoms with Crippen molar-refractivity contribution in [3.8, 4) is 11.5 Å². The summed E-state index contributed by atoms with van der Waals surface area (Å²) < 4.78 is 11.7. The molecule has 0 radical (unpaired) electrons. The van der Waals surface area contributed by atoms with E-state index in [4.69, 9.17) is 15.2 Å². The monoisotopic (exact) mass is 313 g/mol. The van der Waals surface area contributed by atoms with Crippen LogP contribution in [-0.2, 0) is 12.0 Å². The highest BCUT2D eigenvalue weighted by Gasteiger charge is 2.18. The fourth-order valence-electron chi connectivity index (χ4n) is 2.40. The lowest BCUT2D eigenvalue weighted by Crippen LogP contribution is -2.16. The molecule has 2 N–H and O–H groups in total. The average molecular weight is 313 g/mol. The molecule has 3 heteroatoms. The first-order valence-corrected chi connectivity index (χ1v) is 8.06. The third kappa shape index (κ3) is 5.00. The molecule has 0 aliphatic carbocycles. The van der Waals surface area contributed by atoms with Crippen LogP contribution in [0.5, 0.6) is 11.5 Å². The van der Waals surface area contributed by atoms with Crippen LogP contribution in [-0.4, -0.2) is 13.2 Å². The minimum Gasteiger partial charge on any atom is -0.490 e. The summed E-state index contributed by atoms with van der Waals surface area (Å²) in [5.41, 5.74) is 9.16. The zero-order valence-electron chi connectivity index (χ0n) is 14.6. The summed E-state index contributed by atoms with van der Waals surface area (Å²) in [7, 11) is 0. The summed E-state index contributed by atoms with van der Waals surface area (Å²) in [5, 5.41) is 0. The lowest BCUT2D eigenvalue weighted by atomic mass is 9.86. The molecule has 23 heavy (non-hydrogen) atoms. The summed E-state index contributed by atoms with van der Waals surface area (Å²) in [5.74, 6) is 1.78. The molecule has 0 saturated heterocycles. The molecule has 0 unspecified atom stereocenters. The van der Waals surface area contributed by atoms with E-state index in [-0.39, 0.29) is 5.41 Å². The maximum absolute atomic E-state index is 5.97. The molecule has 2 aromatic rings. The van der Waals surface area contributed by atoms with Crippen LogP contribution in [0.3, 0.4) is 0 Å². The first-order chi connectivity index (χ1) is 10.9. The molecule has 2 aromatic carbocycles. The summed E-state index contributed by atoms with van der Waals surface area (Å²) in [6.07, 6.45) is 0. The van der Waals surface area contributed by atoms with Crippen LogP contribution in [0.1, 0.15) is 37.5 Å². The topological polar surface area (TPSA) is 44.5 Å². The minimum absolute atomic E-state index is 0.0575. The number of benzene rings is 2. The maximum atomic E-state index is 5.97. The van der Waals surface area contributed by atoms with Crippen LogP contribution in [0.25, 0.3) is 0 Å². The van der Waals surface area contributed by atoms with Crippen LogP contribution in [0.15, 0.2) is 42.5 Å². The van der Waals surface area contributed by atoms with Gasteiger partial charge in [0.2, 0.25) is 0 Å². The summed E-state index contributed by atoms with van der Waals surface area (Å²) in [6.45, 7) is 10.2. The van der Waals surface area contributed by atoms with Gasteiger partial charge >= 0.3 is 0 Å². The molecule has 0 amide bonds. The fraction of sp³-hybridized carbons (Fsp3) is 0.400. The van der Waals surface area contributed by atoms with Gasteiger partial charge in [-0.1, -0.05) is 45.0 Å². The third-order valence-electron chi connectivity index (χ3n) is 3.71. The fourth-order valence-corrected chi connectivity index (χ4v) is 2.40. The predicted octanol–water partition coefficient (Wildman–Crippen LogP) is 4.21. The van der Waals surface area contributed by atoms with E-state index >= 15 is 0 Å². The number of hydrogen-bond acceptors (Lipinski definition) is 3. The highest BCUT2D eigenvalue weighted by Crippen LogP contribution is 2.32. The van der Waals surface area contributed by atoms with Crippen molar-refractivity contribution in [2.24, 2.45) is 5.73 Å². The van der Waals surface area contributed by atoms with Crippen molar-refractivity contribution in [3.05, 3.63) is 59.2 Å². The van der Waals surface area contributed by atoms with Crippen LogP contribution in [0, 0.1) is 6.92 Å². The number of hydrogen-bond donors (Lipinski definition) is 1. The second-order valence-electron chi connectivity index (χ2n) is 6.79. The number of rotatable bonds is 6. The Morgan fingerprint density at radius 3 is 2.17 bits per heavy atom. The van der Waals surface area contributed by atoms with Gasteiger partial charge in [0.1, 0.15) is 24.7 Å². The van der Waals surface area contributed by atoms with Crippen molar-refractivity contribution in [1.82, 2.24) is 0 Å². The molecular formula is C20H27NO2. The summed E-state index contributed by atoms with van der Waals surface area (Å²) >= 11 is 0. The van der Waals surface area contributed by atoms with Gasteiger partial charge in [-0.3, -0.25) is 0 Å². The summed E-state index contributed by atoms with van der Waals surface area (Å²) in [6, 6.07) is 14.2. The zero-order chi connectivity index (χ0) is 16.9. The van der Waals surface area contributed by atoms with Crippen LogP contribution in [0.4, 0.5) is 0 Å². The zero-order valence-corrected chi connectivity index (χ0v) is 14.6. The van der Waals surface area contributed by atoms with Crippen molar-refractivity contribution in [3.63, 3.8) is 0 Å². The third-order valence-corrected chi connectivity index (χ3v) is 3.71. The Bertz CT molecular complexity index is 627. The second kappa shape index (κ2) is 7.51. The van der Waals surface area contributed by atoms with E-state index in [0.717, 1.165) is 17.1 Å². The Hall–Kier alpha value is -2.00. The molecule has 0 aliphatic rings. The molecule has 0 saturated carbocycles. The molecular weight excluding hydrogens is 286 g/mol. The quantitative estimate of drug-likeness (QED) is 0.813. The predicted molar refractivity (Wildman–Crippen MR) is 95.2 cm³/mol. The van der Waals surface area contributed by atoms with E-state index in [1.807, 2.05) is 24.3 Å². The normalized spacial score (nSPS) is 11.3. The van der Waals surface area contributed by atoms with Crippen molar-refractivity contribution >= 4 is 0 Å². The molecule has 124 valence electrons. The minimum atomic E-state index is 0.0575. The van der Waals surface area contributed by atoms with Gasteiger partial charge in [-0.2, -0.15) is 0 Å². The molecule has 0 spiro atoms. The van der Waals surface area contributed by atoms with E-state index in [9.17, 15) is 0 Å². The number of aryl methyl sites for hydroxylation is 1. The van der Waals surface area contributed by atoms with Gasteiger partial charge in [0.05, 0.1) is 0 Å². The largest absolute Gasteiger partial charge is 0.490 e. The Labute approximate surface area is 139 Å². The maximum Gasteiger partial charge on any atom is 0.123 e. The first kappa shape index (κ1) is 17.4. The van der Waals surface area contributed by atoms with Gasteiger partial charge in [-0.15, -0.1) is 0 Å². The van der Waals surface area contributed by atoms with E-state index < -0.39 is 0 Å². The smallest absolute Gasteiger partial charge is 0.123 e. The number of ether oxygens (including phenoxy) is 2. The molecule has 0 heterocycles. The van der Waals surface area contributed by atoms with Gasteiger partial charge in [0.15, 0.2) is 0 Å². The lowest BCUT2D eigenvalue weighted by Gasteiger charge is -2.23. The SMILES string of the molecule is Cc1ccc(C(C)(C)C)c(OCCOc2ccc(CN)cc2)c1. The Morgan fingerprint density at radius 2 is 1.57 bits per heavy atom. The van der Waals surface area contributed by atoms with Crippen molar-refractivity contribution in [2.45, 2.75) is 39.7 Å². The van der Waals surface area contributed by atoms with Gasteiger partial charge in [0, 0.05) is 6.54 Å². The molecule has 0 aliphatic heterocycles. The molecule has 0 bridgehead atoms. The Morgan fingerprint density at radius 1 is 0.913 bits per heavy atom. The standard InChI is InChI=1S/C20H27NO2/c1-15-5-10-18(20(2,3)4)19(13-15)23-12-11-22-17-8-6-16(14-21)7-9-17/h5-10,13H,11-12,14,21H2,1-4H3. The average Bonchev–Trinajstić information content (AvgIpc) is 2.51. The van der Waals surface area contributed by atoms with E-state index in [1.54, 1.807) is 0 Å². The molecule has 0 aromatic heterocycles. The van der Waals surface area contributed by atoms with Crippen molar-refractivity contribution in [2.75, 3.05) is 13.2 Å². The van der Waals surface area contributed by atoms with Gasteiger partial charge < -0.3 is 15.2 Å². The second-order valence-corrected chi connectivity index (χ2v) is 6.79. The first-order valence-electron chi connectivity index (χ1n) is 8.06. The van der Waals surface area contributed by atoms with Crippen molar-refractivity contribution < 1.29 is 9.47 Å². The van der Waals surface area contributed by atoms with Crippen LogP contribution >= 0.6 is 0 Å². The van der Waals surface area contributed by atoms with E-state index in [0.29, 0.717) is 19.8 Å². The lowest BCUT2D eigenvalue weighted by molar-refractivity contribution is 0.214. The highest BCUT2D eigenvalue weighted by molar-refractivity contribution is 5.41. The van der Waals surface area contributed by atoms with Crippen LogP contribution < -0.4 is 15.2 Å². The Kier molecular flexibility index (Phi) is 5.67. The molecule has 2 rings (SSSR count).